The molecule has 0 saturated carbocycles. The Kier molecular flexibility index (Phi) is 8.40. The molecule has 4 heteroatoms. The third kappa shape index (κ3) is 3.75. The molecule has 0 saturated heterocycles. The van der Waals surface area contributed by atoms with Gasteiger partial charge in [0.25, 0.3) is 0 Å². The molecular formula is C22H21Cl2OZr. The Morgan fingerprint density at radius 1 is 1.00 bits per heavy atom. The van der Waals surface area contributed by atoms with Crippen LogP contribution in [0, 0.1) is 12.0 Å². The van der Waals surface area contributed by atoms with Crippen molar-refractivity contribution in [2.75, 3.05) is 7.11 Å². The topological polar surface area (TPSA) is 9.23 Å². The van der Waals surface area contributed by atoms with Crippen LogP contribution >= 0.6 is 0 Å². The van der Waals surface area contributed by atoms with Gasteiger partial charge in [0, 0.05) is 5.92 Å². The average Bonchev–Trinajstić information content (AvgIpc) is 3.16. The van der Waals surface area contributed by atoms with Gasteiger partial charge in [0.2, 0.25) is 0 Å². The van der Waals surface area contributed by atoms with E-state index in [0.29, 0.717) is 11.8 Å². The molecule has 0 aromatic heterocycles. The summed E-state index contributed by atoms with van der Waals surface area (Å²) < 4.78 is 5.44. The van der Waals surface area contributed by atoms with Crippen LogP contribution in [0.1, 0.15) is 37.3 Å². The summed E-state index contributed by atoms with van der Waals surface area (Å²) in [5.74, 6) is 1.76. The summed E-state index contributed by atoms with van der Waals surface area (Å²) in [6, 6.07) is 15.2. The van der Waals surface area contributed by atoms with E-state index in [9.17, 15) is 0 Å². The van der Waals surface area contributed by atoms with Crippen LogP contribution in [-0.4, -0.2) is 7.11 Å². The molecule has 0 N–H and O–H groups in total. The summed E-state index contributed by atoms with van der Waals surface area (Å²) in [7, 11) is 1.73. The number of benzene rings is 2. The number of rotatable bonds is 3. The molecule has 1 nitrogen and oxygen atoms in total. The molecular weight excluding hydrogens is 442 g/mol. The minimum atomic E-state index is 0. The van der Waals surface area contributed by atoms with Gasteiger partial charge in [-0.15, -0.1) is 6.42 Å². The zero-order valence-corrected chi connectivity index (χ0v) is 19.1. The van der Waals surface area contributed by atoms with Crippen LogP contribution in [0.4, 0.5) is 0 Å². The predicted molar refractivity (Wildman–Crippen MR) is 94.6 cm³/mol. The molecule has 1 radical (unpaired) electrons. The fourth-order valence-corrected chi connectivity index (χ4v) is 3.92. The summed E-state index contributed by atoms with van der Waals surface area (Å²) >= 11 is 0. The Hall–Kier alpha value is -0.817. The summed E-state index contributed by atoms with van der Waals surface area (Å²) in [5, 5.41) is 0. The maximum absolute atomic E-state index is 5.44. The molecule has 26 heavy (non-hydrogen) atoms. The van der Waals surface area contributed by atoms with E-state index in [1.165, 1.54) is 33.4 Å². The summed E-state index contributed by atoms with van der Waals surface area (Å²) in [4.78, 5) is 0. The quantitative estimate of drug-likeness (QED) is 0.560. The van der Waals surface area contributed by atoms with Crippen molar-refractivity contribution in [1.82, 2.24) is 0 Å². The zero-order chi connectivity index (χ0) is 16.0. The predicted octanol–water partition coefficient (Wildman–Crippen LogP) is -0.471. The minimum Gasteiger partial charge on any atom is -1.00 e. The van der Waals surface area contributed by atoms with Crippen molar-refractivity contribution >= 4 is 0 Å². The fraction of sp³-hybridized carbons (Fsp3) is 0.273. The second-order valence-corrected chi connectivity index (χ2v) is 6.58. The van der Waals surface area contributed by atoms with E-state index >= 15 is 0 Å². The van der Waals surface area contributed by atoms with Crippen molar-refractivity contribution in [3.63, 3.8) is 0 Å². The summed E-state index contributed by atoms with van der Waals surface area (Å²) in [6.07, 6.45) is 6.91. The van der Waals surface area contributed by atoms with Gasteiger partial charge in [-0.3, -0.25) is 6.08 Å². The molecule has 0 amide bonds. The number of methoxy groups -OCH3 is 1. The van der Waals surface area contributed by atoms with Gasteiger partial charge >= 0.3 is 26.2 Å². The van der Waals surface area contributed by atoms with Crippen molar-refractivity contribution in [3.8, 4) is 16.9 Å². The summed E-state index contributed by atoms with van der Waals surface area (Å²) in [5.41, 5.74) is 8.23. The Morgan fingerprint density at radius 3 is 2.38 bits per heavy atom. The average molecular weight is 464 g/mol. The van der Waals surface area contributed by atoms with E-state index in [1.54, 1.807) is 7.11 Å². The van der Waals surface area contributed by atoms with Crippen LogP contribution in [0.2, 0.25) is 0 Å². The first-order valence-electron chi connectivity index (χ1n) is 8.29. The van der Waals surface area contributed by atoms with E-state index in [4.69, 9.17) is 4.74 Å². The third-order valence-electron chi connectivity index (χ3n) is 4.97. The van der Waals surface area contributed by atoms with Gasteiger partial charge in [0.15, 0.2) is 0 Å². The first kappa shape index (κ1) is 23.2. The molecule has 2 aromatic carbocycles. The molecule has 0 spiro atoms. The van der Waals surface area contributed by atoms with E-state index in [0.717, 1.165) is 12.2 Å². The maximum atomic E-state index is 5.44. The first-order valence-corrected chi connectivity index (χ1v) is 8.29. The van der Waals surface area contributed by atoms with Crippen molar-refractivity contribution in [2.24, 2.45) is 5.92 Å². The van der Waals surface area contributed by atoms with Gasteiger partial charge < -0.3 is 29.6 Å². The number of fused-ring (bicyclic) bond motifs is 3. The Bertz CT molecular complexity index is 840. The normalized spacial score (nSPS) is 16.4. The van der Waals surface area contributed by atoms with Crippen LogP contribution in [0.15, 0.2) is 59.7 Å². The van der Waals surface area contributed by atoms with Crippen molar-refractivity contribution < 1.29 is 55.8 Å². The number of halogens is 2. The number of hydrogen-bond acceptors (Lipinski definition) is 1. The van der Waals surface area contributed by atoms with Gasteiger partial charge in [-0.25, -0.2) is 5.57 Å². The standard InChI is InChI=1S/C22H21O.2ClH.Zr/c1-14(2)16-9-6-10-18(16)22-19-8-5-4-7-17(19)21-13-15(23-3)11-12-20(21)22;;;/h4-5,7-9,11-14,22H,6H2,1-3H3;2*1H;/q-1;;;+3/p-2. The number of allylic oxidation sites excluding steroid dienone is 4. The number of hydrogen-bond donors (Lipinski definition) is 0. The third-order valence-corrected chi connectivity index (χ3v) is 4.97. The van der Waals surface area contributed by atoms with E-state index in [1.807, 2.05) is 0 Å². The molecule has 2 aliphatic rings. The monoisotopic (exact) mass is 461 g/mol. The Balaban J connectivity index is 0.00000113. The molecule has 0 aliphatic heterocycles. The second-order valence-electron chi connectivity index (χ2n) is 6.58. The largest absolute Gasteiger partial charge is 3.00 e. The molecule has 2 aromatic rings. The summed E-state index contributed by atoms with van der Waals surface area (Å²) in [6.45, 7) is 4.54. The molecule has 4 rings (SSSR count). The molecule has 133 valence electrons. The SMILES string of the molecule is COc1ccc2c(c1)-c1ccccc1C2C1=[C-]CC=C1C(C)C.[Cl-].[Cl-].[Zr+3]. The smallest absolute Gasteiger partial charge is 1.00 e. The Labute approximate surface area is 187 Å². The van der Waals surface area contributed by atoms with E-state index in [-0.39, 0.29) is 51.0 Å². The fourth-order valence-electron chi connectivity index (χ4n) is 3.92. The molecule has 0 bridgehead atoms. The molecule has 1 unspecified atom stereocenters. The van der Waals surface area contributed by atoms with Crippen molar-refractivity contribution in [1.29, 1.82) is 0 Å². The van der Waals surface area contributed by atoms with Crippen LogP contribution < -0.4 is 29.6 Å². The molecule has 0 fully saturated rings. The van der Waals surface area contributed by atoms with Gasteiger partial charge in [0.05, 0.1) is 7.11 Å². The van der Waals surface area contributed by atoms with Gasteiger partial charge in [-0.1, -0.05) is 50.1 Å². The second kappa shape index (κ2) is 9.40. The zero-order valence-electron chi connectivity index (χ0n) is 15.1. The number of ether oxygens (including phenoxy) is 1. The van der Waals surface area contributed by atoms with E-state index in [2.05, 4.69) is 68.5 Å². The van der Waals surface area contributed by atoms with Crippen LogP contribution in [0.3, 0.4) is 0 Å². The van der Waals surface area contributed by atoms with Crippen molar-refractivity contribution in [2.45, 2.75) is 26.2 Å². The van der Waals surface area contributed by atoms with Crippen LogP contribution in [-0.2, 0) is 26.2 Å². The molecule has 1 atom stereocenters. The van der Waals surface area contributed by atoms with Crippen LogP contribution in [0.25, 0.3) is 11.1 Å². The van der Waals surface area contributed by atoms with Gasteiger partial charge in [-0.05, 0) is 34.4 Å². The van der Waals surface area contributed by atoms with Gasteiger partial charge in [-0.2, -0.15) is 11.6 Å². The Morgan fingerprint density at radius 2 is 1.69 bits per heavy atom. The van der Waals surface area contributed by atoms with Crippen molar-refractivity contribution in [3.05, 3.63) is 76.9 Å². The molecule has 2 aliphatic carbocycles. The van der Waals surface area contributed by atoms with Crippen LogP contribution in [0.5, 0.6) is 5.75 Å². The molecule has 0 heterocycles. The minimum absolute atomic E-state index is 0. The maximum Gasteiger partial charge on any atom is 3.00 e. The van der Waals surface area contributed by atoms with Gasteiger partial charge in [0.1, 0.15) is 5.75 Å². The van der Waals surface area contributed by atoms with E-state index < -0.39 is 0 Å². The first-order chi connectivity index (χ1) is 11.2.